The van der Waals surface area contributed by atoms with Gasteiger partial charge in [0, 0.05) is 36.1 Å². The summed E-state index contributed by atoms with van der Waals surface area (Å²) in [7, 11) is -3.24. The normalized spacial score (nSPS) is 11.5. The molecule has 1 amide bonds. The van der Waals surface area contributed by atoms with E-state index in [0.29, 0.717) is 5.69 Å². The summed E-state index contributed by atoms with van der Waals surface area (Å²) in [6.07, 6.45) is 4.64. The number of nitrogens with zero attached hydrogens (tertiary/aromatic N) is 2. The van der Waals surface area contributed by atoms with Crippen LogP contribution in [0.3, 0.4) is 0 Å². The topological polar surface area (TPSA) is 89.0 Å². The average Bonchev–Trinajstić information content (AvgIpc) is 3.25. The van der Waals surface area contributed by atoms with Crippen molar-refractivity contribution in [2.75, 3.05) is 6.26 Å². The van der Waals surface area contributed by atoms with Crippen LogP contribution in [0.2, 0.25) is 0 Å². The lowest BCUT2D eigenvalue weighted by Gasteiger charge is -2.08. The molecule has 146 valence electrons. The highest BCUT2D eigenvalue weighted by Crippen LogP contribution is 2.28. The number of rotatable bonds is 5. The van der Waals surface area contributed by atoms with E-state index in [0.717, 1.165) is 33.8 Å². The van der Waals surface area contributed by atoms with Gasteiger partial charge >= 0.3 is 0 Å². The van der Waals surface area contributed by atoms with Gasteiger partial charge in [0.1, 0.15) is 5.69 Å². The summed E-state index contributed by atoms with van der Waals surface area (Å²) in [5, 5.41) is 7.70. The molecule has 0 aliphatic carbocycles. The number of thiophene rings is 1. The Morgan fingerprint density at radius 1 is 1.07 bits per heavy atom. The minimum atomic E-state index is -3.24. The number of pyridine rings is 2. The second kappa shape index (κ2) is 7.73. The van der Waals surface area contributed by atoms with E-state index >= 15 is 0 Å². The van der Waals surface area contributed by atoms with E-state index in [1.165, 1.54) is 12.1 Å². The molecular weight excluding hydrogens is 406 g/mol. The van der Waals surface area contributed by atoms with Gasteiger partial charge in [-0.1, -0.05) is 12.1 Å². The zero-order valence-corrected chi connectivity index (χ0v) is 17.1. The molecule has 3 heterocycles. The van der Waals surface area contributed by atoms with Gasteiger partial charge in [-0.05, 0) is 52.2 Å². The number of nitrogens with one attached hydrogen (secondary N) is 1. The van der Waals surface area contributed by atoms with Gasteiger partial charge in [-0.3, -0.25) is 9.78 Å². The maximum absolute atomic E-state index is 12.6. The molecule has 6 nitrogen and oxygen atoms in total. The summed E-state index contributed by atoms with van der Waals surface area (Å²) in [5.41, 5.74) is 3.74. The first-order chi connectivity index (χ1) is 13.9. The maximum atomic E-state index is 12.6. The zero-order valence-electron chi connectivity index (χ0n) is 15.5. The van der Waals surface area contributed by atoms with Crippen LogP contribution in [0.15, 0.2) is 70.5 Å². The molecule has 0 radical (unpaired) electrons. The molecule has 0 fully saturated rings. The number of benzene rings is 1. The van der Waals surface area contributed by atoms with E-state index < -0.39 is 9.84 Å². The highest BCUT2D eigenvalue weighted by molar-refractivity contribution is 7.90. The number of fused-ring (bicyclic) bond motifs is 1. The molecule has 8 heteroatoms. The van der Waals surface area contributed by atoms with Gasteiger partial charge in [0.15, 0.2) is 9.84 Å². The van der Waals surface area contributed by atoms with Gasteiger partial charge in [0.25, 0.3) is 5.91 Å². The van der Waals surface area contributed by atoms with Gasteiger partial charge in [0.05, 0.1) is 10.4 Å². The number of hydrogen-bond acceptors (Lipinski definition) is 6. The molecule has 0 saturated heterocycles. The third-order valence-corrected chi connectivity index (χ3v) is 6.28. The highest BCUT2D eigenvalue weighted by atomic mass is 32.2. The van der Waals surface area contributed by atoms with E-state index in [1.807, 2.05) is 22.9 Å². The predicted octanol–water partition coefficient (Wildman–Crippen LogP) is 3.69. The first-order valence-corrected chi connectivity index (χ1v) is 11.6. The first kappa shape index (κ1) is 19.2. The van der Waals surface area contributed by atoms with Crippen LogP contribution in [0.5, 0.6) is 0 Å². The molecule has 0 spiro atoms. The molecule has 0 bridgehead atoms. The molecule has 4 rings (SSSR count). The van der Waals surface area contributed by atoms with Crippen molar-refractivity contribution in [3.05, 3.63) is 76.9 Å². The van der Waals surface area contributed by atoms with Gasteiger partial charge in [0.2, 0.25) is 0 Å². The smallest absolute Gasteiger partial charge is 0.270 e. The minimum absolute atomic E-state index is 0.248. The molecule has 0 atom stereocenters. The zero-order chi connectivity index (χ0) is 20.4. The molecule has 0 aliphatic heterocycles. The van der Waals surface area contributed by atoms with Crippen molar-refractivity contribution < 1.29 is 13.2 Å². The number of sulfone groups is 1. The largest absolute Gasteiger partial charge is 0.347 e. The van der Waals surface area contributed by atoms with Crippen LogP contribution < -0.4 is 5.32 Å². The Morgan fingerprint density at radius 2 is 1.86 bits per heavy atom. The molecule has 3 aromatic heterocycles. The fourth-order valence-corrected chi connectivity index (χ4v) is 4.21. The van der Waals surface area contributed by atoms with Crippen molar-refractivity contribution in [1.29, 1.82) is 0 Å². The molecule has 0 saturated carbocycles. The van der Waals surface area contributed by atoms with E-state index in [9.17, 15) is 13.2 Å². The van der Waals surface area contributed by atoms with Crippen LogP contribution in [0.25, 0.3) is 22.0 Å². The summed E-state index contributed by atoms with van der Waals surface area (Å²) < 4.78 is 23.1. The number of amides is 1. The van der Waals surface area contributed by atoms with Crippen molar-refractivity contribution in [3.8, 4) is 11.1 Å². The molecule has 29 heavy (non-hydrogen) atoms. The number of hydrogen-bond donors (Lipinski definition) is 1. The average molecular weight is 424 g/mol. The second-order valence-electron chi connectivity index (χ2n) is 6.57. The first-order valence-electron chi connectivity index (χ1n) is 8.76. The molecular formula is C21H17N3O3S2. The molecule has 1 aromatic carbocycles. The third kappa shape index (κ3) is 4.18. The SMILES string of the molecule is CS(=O)(=O)c1ccc(CNC(=O)c2ccc3cncc(-c4ccsc4)c3n2)cc1. The van der Waals surface area contributed by atoms with Crippen LogP contribution in [-0.2, 0) is 16.4 Å². The highest BCUT2D eigenvalue weighted by Gasteiger charge is 2.12. The van der Waals surface area contributed by atoms with Crippen LogP contribution in [-0.4, -0.2) is 30.5 Å². The second-order valence-corrected chi connectivity index (χ2v) is 9.36. The number of carbonyl (C=O) groups excluding carboxylic acids is 1. The molecule has 0 unspecified atom stereocenters. The molecule has 0 aliphatic rings. The fraction of sp³-hybridized carbons (Fsp3) is 0.0952. The third-order valence-electron chi connectivity index (χ3n) is 4.47. The Kier molecular flexibility index (Phi) is 5.12. The quantitative estimate of drug-likeness (QED) is 0.529. The lowest BCUT2D eigenvalue weighted by molar-refractivity contribution is 0.0946. The Labute approximate surface area is 172 Å². The van der Waals surface area contributed by atoms with Crippen LogP contribution >= 0.6 is 11.3 Å². The Balaban J connectivity index is 1.55. The summed E-state index contributed by atoms with van der Waals surface area (Å²) in [6, 6.07) is 11.9. The van der Waals surface area contributed by atoms with Crippen molar-refractivity contribution in [2.24, 2.45) is 0 Å². The summed E-state index contributed by atoms with van der Waals surface area (Å²) >= 11 is 1.59. The number of aromatic nitrogens is 2. The monoisotopic (exact) mass is 423 g/mol. The lowest BCUT2D eigenvalue weighted by atomic mass is 10.1. The van der Waals surface area contributed by atoms with Gasteiger partial charge < -0.3 is 5.32 Å². The van der Waals surface area contributed by atoms with Crippen molar-refractivity contribution in [2.45, 2.75) is 11.4 Å². The molecule has 1 N–H and O–H groups in total. The van der Waals surface area contributed by atoms with E-state index in [4.69, 9.17) is 0 Å². The van der Waals surface area contributed by atoms with Crippen LogP contribution in [0, 0.1) is 0 Å². The van der Waals surface area contributed by atoms with Gasteiger partial charge in [-0.25, -0.2) is 13.4 Å². The standard InChI is InChI=1S/C21H17N3O3S2/c1-29(26,27)17-5-2-14(3-6-17)10-23-21(25)19-7-4-15-11-22-12-18(20(15)24-19)16-8-9-28-13-16/h2-9,11-13H,10H2,1H3,(H,23,25). The maximum Gasteiger partial charge on any atom is 0.270 e. The van der Waals surface area contributed by atoms with E-state index in [2.05, 4.69) is 15.3 Å². The summed E-state index contributed by atoms with van der Waals surface area (Å²) in [5.74, 6) is -0.299. The lowest BCUT2D eigenvalue weighted by Crippen LogP contribution is -2.23. The van der Waals surface area contributed by atoms with Crippen molar-refractivity contribution in [3.63, 3.8) is 0 Å². The number of carbonyl (C=O) groups is 1. The van der Waals surface area contributed by atoms with Crippen molar-refractivity contribution >= 4 is 38.0 Å². The summed E-state index contributed by atoms with van der Waals surface area (Å²) in [6.45, 7) is 0.274. The summed E-state index contributed by atoms with van der Waals surface area (Å²) in [4.78, 5) is 21.7. The van der Waals surface area contributed by atoms with E-state index in [-0.39, 0.29) is 17.3 Å². The Bertz CT molecular complexity index is 1280. The fourth-order valence-electron chi connectivity index (χ4n) is 2.93. The Morgan fingerprint density at radius 3 is 2.55 bits per heavy atom. The minimum Gasteiger partial charge on any atom is -0.347 e. The molecule has 4 aromatic rings. The van der Waals surface area contributed by atoms with Gasteiger partial charge in [-0.15, -0.1) is 0 Å². The van der Waals surface area contributed by atoms with Crippen molar-refractivity contribution in [1.82, 2.24) is 15.3 Å². The van der Waals surface area contributed by atoms with Crippen LogP contribution in [0.4, 0.5) is 0 Å². The Hall–Kier alpha value is -3.10. The van der Waals surface area contributed by atoms with E-state index in [1.54, 1.807) is 41.9 Å². The van der Waals surface area contributed by atoms with Crippen LogP contribution in [0.1, 0.15) is 16.1 Å². The predicted molar refractivity (Wildman–Crippen MR) is 114 cm³/mol. The van der Waals surface area contributed by atoms with Gasteiger partial charge in [-0.2, -0.15) is 11.3 Å².